The Morgan fingerprint density at radius 1 is 0.953 bits per heavy atom. The molecule has 8 nitrogen and oxygen atoms in total. The van der Waals surface area contributed by atoms with Gasteiger partial charge in [-0.1, -0.05) is 18.2 Å². The minimum absolute atomic E-state index is 0.0647. The second-order valence-corrected chi connectivity index (χ2v) is 13.6. The maximum Gasteiger partial charge on any atom is 0.277 e. The normalized spacial score (nSPS) is 14.3. The fourth-order valence-electron chi connectivity index (χ4n) is 4.37. The van der Waals surface area contributed by atoms with Crippen LogP contribution in [0.5, 0.6) is 0 Å². The molecule has 3 N–H and O–H groups in total. The van der Waals surface area contributed by atoms with Crippen molar-refractivity contribution in [2.24, 2.45) is 0 Å². The number of anilines is 3. The zero-order valence-electron chi connectivity index (χ0n) is 24.3. The van der Waals surface area contributed by atoms with Crippen LogP contribution in [0.25, 0.3) is 0 Å². The maximum absolute atomic E-state index is 15.6. The van der Waals surface area contributed by atoms with Crippen LogP contribution in [0.1, 0.15) is 60.7 Å². The van der Waals surface area contributed by atoms with Crippen LogP contribution >= 0.6 is 0 Å². The van der Waals surface area contributed by atoms with Gasteiger partial charge < -0.3 is 10.1 Å². The van der Waals surface area contributed by atoms with Crippen LogP contribution in [0.4, 0.5) is 34.6 Å². The molecule has 0 radical (unpaired) electrons. The number of halogens is 4. The highest BCUT2D eigenvalue weighted by atomic mass is 32.2. The van der Waals surface area contributed by atoms with E-state index in [1.807, 2.05) is 0 Å². The highest BCUT2D eigenvalue weighted by Gasteiger charge is 2.55. The van der Waals surface area contributed by atoms with Crippen molar-refractivity contribution in [3.05, 3.63) is 88.0 Å². The SMILES string of the molecule is COCC1(S(=O)(=O)Nc2cccc(Cc3cc(C(=O)NOC(C)(C)C)c(Nc4ccc(C)cc4F)c(F)c3F)c2F)CC1. The predicted octanol–water partition coefficient (Wildman–Crippen LogP) is 6.27. The van der Waals surface area contributed by atoms with Crippen LogP contribution in [-0.2, 0) is 26.0 Å². The summed E-state index contributed by atoms with van der Waals surface area (Å²) in [4.78, 5) is 18.4. The van der Waals surface area contributed by atoms with E-state index < -0.39 is 72.8 Å². The lowest BCUT2D eigenvalue weighted by Crippen LogP contribution is -2.34. The maximum atomic E-state index is 15.6. The lowest BCUT2D eigenvalue weighted by atomic mass is 9.99. The monoisotopic (exact) mass is 623 g/mol. The molecule has 43 heavy (non-hydrogen) atoms. The van der Waals surface area contributed by atoms with E-state index in [0.29, 0.717) is 18.4 Å². The zero-order chi connectivity index (χ0) is 31.7. The van der Waals surface area contributed by atoms with Gasteiger partial charge in [-0.2, -0.15) is 0 Å². The van der Waals surface area contributed by atoms with E-state index in [1.54, 1.807) is 33.8 Å². The summed E-state index contributed by atoms with van der Waals surface area (Å²) in [7, 11) is -2.66. The molecule has 3 aromatic carbocycles. The van der Waals surface area contributed by atoms with E-state index in [2.05, 4.69) is 15.5 Å². The van der Waals surface area contributed by atoms with Crippen LogP contribution in [-0.4, -0.2) is 38.4 Å². The number of methoxy groups -OCH3 is 1. The fraction of sp³-hybridized carbons (Fsp3) is 0.367. The third-order valence-electron chi connectivity index (χ3n) is 6.85. The van der Waals surface area contributed by atoms with Crippen molar-refractivity contribution in [1.82, 2.24) is 5.48 Å². The van der Waals surface area contributed by atoms with Gasteiger partial charge in [-0.25, -0.2) is 31.5 Å². The van der Waals surface area contributed by atoms with Gasteiger partial charge >= 0.3 is 0 Å². The molecule has 0 unspecified atom stereocenters. The van der Waals surface area contributed by atoms with Crippen molar-refractivity contribution in [2.45, 2.75) is 57.3 Å². The number of rotatable bonds is 11. The van der Waals surface area contributed by atoms with Gasteiger partial charge in [0.1, 0.15) is 10.6 Å². The van der Waals surface area contributed by atoms with Crippen molar-refractivity contribution in [3.8, 4) is 0 Å². The zero-order valence-corrected chi connectivity index (χ0v) is 25.1. The number of hydrogen-bond donors (Lipinski definition) is 3. The van der Waals surface area contributed by atoms with E-state index >= 15 is 13.2 Å². The molecule has 1 aliphatic rings. The second-order valence-electron chi connectivity index (χ2n) is 11.5. The Hall–Kier alpha value is -3.68. The number of ether oxygens (including phenoxy) is 1. The van der Waals surface area contributed by atoms with Crippen molar-refractivity contribution < 1.29 is 40.3 Å². The molecule has 0 bridgehead atoms. The summed E-state index contributed by atoms with van der Waals surface area (Å²) in [5, 5.41) is 2.46. The molecule has 232 valence electrons. The second kappa shape index (κ2) is 12.1. The molecule has 1 aliphatic carbocycles. The van der Waals surface area contributed by atoms with Crippen molar-refractivity contribution >= 4 is 33.0 Å². The largest absolute Gasteiger partial charge is 0.383 e. The Morgan fingerprint density at radius 3 is 2.26 bits per heavy atom. The molecule has 4 rings (SSSR count). The van der Waals surface area contributed by atoms with Gasteiger partial charge in [-0.15, -0.1) is 0 Å². The first kappa shape index (κ1) is 32.2. The van der Waals surface area contributed by atoms with E-state index in [4.69, 9.17) is 9.57 Å². The van der Waals surface area contributed by atoms with Gasteiger partial charge in [0, 0.05) is 13.5 Å². The smallest absolute Gasteiger partial charge is 0.277 e. The number of aryl methyl sites for hydroxylation is 1. The van der Waals surface area contributed by atoms with Crippen molar-refractivity contribution in [1.29, 1.82) is 0 Å². The molecule has 1 amide bonds. The highest BCUT2D eigenvalue weighted by Crippen LogP contribution is 2.44. The molecule has 1 saturated carbocycles. The standard InChI is InChI=1S/C30H33F4N3O5S/c1-17-9-10-22(21(31)13-17)35-27-20(28(38)36-42-29(2,3)4)15-19(25(33)26(27)34)14-18-7-6-8-23(24(18)32)37-43(39,40)30(11-12-30)16-41-5/h6-10,13,15,35,37H,11-12,14,16H2,1-5H3,(H,36,38). The minimum Gasteiger partial charge on any atom is -0.383 e. The Kier molecular flexibility index (Phi) is 9.10. The molecule has 13 heteroatoms. The number of benzene rings is 3. The van der Waals surface area contributed by atoms with Gasteiger partial charge in [0.2, 0.25) is 10.0 Å². The molecule has 1 fully saturated rings. The van der Waals surface area contributed by atoms with Crippen LogP contribution in [0, 0.1) is 30.2 Å². The van der Waals surface area contributed by atoms with Crippen molar-refractivity contribution in [2.75, 3.05) is 23.8 Å². The Labute approximate surface area is 247 Å². The topological polar surface area (TPSA) is 106 Å². The molecular weight excluding hydrogens is 590 g/mol. The number of hydrogen-bond acceptors (Lipinski definition) is 6. The number of nitrogens with one attached hydrogen (secondary N) is 3. The van der Waals surface area contributed by atoms with Gasteiger partial charge in [0.15, 0.2) is 17.5 Å². The molecule has 0 spiro atoms. The average molecular weight is 624 g/mol. The fourth-order valence-corrected chi connectivity index (χ4v) is 5.94. The summed E-state index contributed by atoms with van der Waals surface area (Å²) in [5.74, 6) is -5.65. The summed E-state index contributed by atoms with van der Waals surface area (Å²) in [5.41, 5.74) is -0.338. The number of hydroxylamine groups is 1. The summed E-state index contributed by atoms with van der Waals surface area (Å²) in [6.45, 7) is 6.53. The van der Waals surface area contributed by atoms with Crippen LogP contribution in [0.2, 0.25) is 0 Å². The van der Waals surface area contributed by atoms with Gasteiger partial charge in [0.25, 0.3) is 5.91 Å². The minimum atomic E-state index is -4.02. The summed E-state index contributed by atoms with van der Waals surface area (Å²) >= 11 is 0. The molecule has 0 aromatic heterocycles. The summed E-state index contributed by atoms with van der Waals surface area (Å²) in [6.07, 6.45) is 0.143. The third kappa shape index (κ3) is 7.11. The average Bonchev–Trinajstić information content (AvgIpc) is 3.71. The first-order valence-electron chi connectivity index (χ1n) is 13.4. The lowest BCUT2D eigenvalue weighted by Gasteiger charge is -2.21. The quantitative estimate of drug-likeness (QED) is 0.172. The third-order valence-corrected chi connectivity index (χ3v) is 9.00. The predicted molar refractivity (Wildman–Crippen MR) is 155 cm³/mol. The highest BCUT2D eigenvalue weighted by molar-refractivity contribution is 7.94. The molecular formula is C30H33F4N3O5S. The Balaban J connectivity index is 1.72. The Morgan fingerprint density at radius 2 is 1.65 bits per heavy atom. The van der Waals surface area contributed by atoms with Crippen LogP contribution < -0.4 is 15.5 Å². The summed E-state index contributed by atoms with van der Waals surface area (Å²) < 4.78 is 93.1. The Bertz CT molecular complexity index is 1650. The summed E-state index contributed by atoms with van der Waals surface area (Å²) in [6, 6.07) is 8.89. The van der Waals surface area contributed by atoms with Crippen LogP contribution in [0.15, 0.2) is 42.5 Å². The van der Waals surface area contributed by atoms with Gasteiger partial charge in [-0.05, 0) is 81.5 Å². The van der Waals surface area contributed by atoms with Crippen molar-refractivity contribution in [3.63, 3.8) is 0 Å². The first-order valence-corrected chi connectivity index (χ1v) is 14.9. The molecule has 0 atom stereocenters. The first-order chi connectivity index (χ1) is 20.1. The number of carbonyl (C=O) groups is 1. The molecule has 0 heterocycles. The van der Waals surface area contributed by atoms with Crippen LogP contribution in [0.3, 0.4) is 0 Å². The van der Waals surface area contributed by atoms with E-state index in [-0.39, 0.29) is 23.5 Å². The van der Waals surface area contributed by atoms with E-state index in [0.717, 1.165) is 6.07 Å². The lowest BCUT2D eigenvalue weighted by molar-refractivity contribution is -0.0589. The van der Waals surface area contributed by atoms with Gasteiger partial charge in [-0.3, -0.25) is 14.4 Å². The molecule has 0 aliphatic heterocycles. The van der Waals surface area contributed by atoms with E-state index in [9.17, 15) is 17.6 Å². The molecule has 3 aromatic rings. The molecule has 0 saturated heterocycles. The number of carbonyl (C=O) groups excluding carboxylic acids is 1. The number of sulfonamides is 1. The van der Waals surface area contributed by atoms with E-state index in [1.165, 1.54) is 37.4 Å². The van der Waals surface area contributed by atoms with Gasteiger partial charge in [0.05, 0.1) is 34.8 Å². The number of amides is 1.